The SMILES string of the molecule is O=C(Nc1ccc(CC[C@@H]2CCNC2)cc1)c1ccc(Cl)cc1. The molecule has 1 aliphatic heterocycles. The molecule has 23 heavy (non-hydrogen) atoms. The molecule has 1 aliphatic rings. The standard InChI is InChI=1S/C19H21ClN2O/c20-17-7-5-16(6-8-17)19(23)22-18-9-3-14(4-10-18)1-2-15-11-12-21-13-15/h3-10,15,21H,1-2,11-13H2,(H,22,23)/t15-/m1/s1. The fourth-order valence-corrected chi connectivity index (χ4v) is 3.02. The summed E-state index contributed by atoms with van der Waals surface area (Å²) in [6.07, 6.45) is 3.61. The number of aryl methyl sites for hydroxylation is 1. The Labute approximate surface area is 142 Å². The summed E-state index contributed by atoms with van der Waals surface area (Å²) in [5.41, 5.74) is 2.74. The number of nitrogens with one attached hydrogen (secondary N) is 2. The van der Waals surface area contributed by atoms with E-state index in [0.717, 1.165) is 31.1 Å². The van der Waals surface area contributed by atoms with Crippen molar-refractivity contribution in [2.45, 2.75) is 19.3 Å². The minimum absolute atomic E-state index is 0.119. The Hall–Kier alpha value is -1.84. The van der Waals surface area contributed by atoms with Crippen LogP contribution in [0, 0.1) is 5.92 Å². The van der Waals surface area contributed by atoms with Gasteiger partial charge in [0.1, 0.15) is 0 Å². The summed E-state index contributed by atoms with van der Waals surface area (Å²) in [5.74, 6) is 0.686. The van der Waals surface area contributed by atoms with Gasteiger partial charge in [0.25, 0.3) is 5.91 Å². The number of carbonyl (C=O) groups is 1. The molecule has 0 aliphatic carbocycles. The molecule has 2 aromatic rings. The highest BCUT2D eigenvalue weighted by molar-refractivity contribution is 6.30. The van der Waals surface area contributed by atoms with E-state index in [2.05, 4.69) is 22.8 Å². The van der Waals surface area contributed by atoms with Crippen molar-refractivity contribution >= 4 is 23.2 Å². The Balaban J connectivity index is 1.54. The van der Waals surface area contributed by atoms with Crippen molar-refractivity contribution in [2.75, 3.05) is 18.4 Å². The van der Waals surface area contributed by atoms with Crippen LogP contribution in [0.1, 0.15) is 28.8 Å². The molecular weight excluding hydrogens is 308 g/mol. The van der Waals surface area contributed by atoms with Crippen molar-refractivity contribution in [3.8, 4) is 0 Å². The van der Waals surface area contributed by atoms with Gasteiger partial charge in [-0.15, -0.1) is 0 Å². The average molecular weight is 329 g/mol. The maximum Gasteiger partial charge on any atom is 0.255 e. The lowest BCUT2D eigenvalue weighted by Crippen LogP contribution is -2.11. The average Bonchev–Trinajstić information content (AvgIpc) is 3.08. The molecule has 0 saturated carbocycles. The highest BCUT2D eigenvalue weighted by atomic mass is 35.5. The smallest absolute Gasteiger partial charge is 0.255 e. The lowest BCUT2D eigenvalue weighted by molar-refractivity contribution is 0.102. The minimum Gasteiger partial charge on any atom is -0.322 e. The number of carbonyl (C=O) groups excluding carboxylic acids is 1. The summed E-state index contributed by atoms with van der Waals surface area (Å²) in [6, 6.07) is 15.0. The lowest BCUT2D eigenvalue weighted by atomic mass is 9.99. The number of benzene rings is 2. The number of anilines is 1. The summed E-state index contributed by atoms with van der Waals surface area (Å²) in [7, 11) is 0. The summed E-state index contributed by atoms with van der Waals surface area (Å²) < 4.78 is 0. The van der Waals surface area contributed by atoms with E-state index >= 15 is 0 Å². The van der Waals surface area contributed by atoms with Gasteiger partial charge in [-0.25, -0.2) is 0 Å². The summed E-state index contributed by atoms with van der Waals surface area (Å²) >= 11 is 5.84. The molecule has 0 unspecified atom stereocenters. The molecule has 3 nitrogen and oxygen atoms in total. The second-order valence-corrected chi connectivity index (χ2v) is 6.49. The van der Waals surface area contributed by atoms with Crippen LogP contribution in [0.25, 0.3) is 0 Å². The zero-order chi connectivity index (χ0) is 16.1. The van der Waals surface area contributed by atoms with Crippen molar-refractivity contribution in [1.29, 1.82) is 0 Å². The molecule has 120 valence electrons. The molecule has 0 bridgehead atoms. The molecule has 4 heteroatoms. The van der Waals surface area contributed by atoms with E-state index in [0.29, 0.717) is 10.6 Å². The van der Waals surface area contributed by atoms with Crippen molar-refractivity contribution in [3.63, 3.8) is 0 Å². The highest BCUT2D eigenvalue weighted by Crippen LogP contribution is 2.18. The molecule has 3 rings (SSSR count). The van der Waals surface area contributed by atoms with Crippen molar-refractivity contribution < 1.29 is 4.79 Å². The van der Waals surface area contributed by atoms with Crippen LogP contribution in [0.15, 0.2) is 48.5 Å². The predicted molar refractivity (Wildman–Crippen MR) is 95.1 cm³/mol. The molecule has 1 heterocycles. The van der Waals surface area contributed by atoms with Crippen molar-refractivity contribution in [1.82, 2.24) is 5.32 Å². The minimum atomic E-state index is -0.119. The van der Waals surface area contributed by atoms with Gasteiger partial charge in [0.15, 0.2) is 0 Å². The Morgan fingerprint density at radius 3 is 2.52 bits per heavy atom. The molecule has 2 aromatic carbocycles. The van der Waals surface area contributed by atoms with Crippen LogP contribution in [0.4, 0.5) is 5.69 Å². The van der Waals surface area contributed by atoms with Gasteiger partial charge in [-0.05, 0) is 80.2 Å². The topological polar surface area (TPSA) is 41.1 Å². The third-order valence-corrected chi connectivity index (χ3v) is 4.57. The van der Waals surface area contributed by atoms with Crippen molar-refractivity contribution in [3.05, 3.63) is 64.7 Å². The van der Waals surface area contributed by atoms with E-state index in [1.807, 2.05) is 12.1 Å². The largest absolute Gasteiger partial charge is 0.322 e. The van der Waals surface area contributed by atoms with Crippen LogP contribution >= 0.6 is 11.6 Å². The van der Waals surface area contributed by atoms with Crippen LogP contribution in [-0.4, -0.2) is 19.0 Å². The van der Waals surface area contributed by atoms with Gasteiger partial charge in [-0.3, -0.25) is 4.79 Å². The van der Waals surface area contributed by atoms with Crippen LogP contribution in [-0.2, 0) is 6.42 Å². The second-order valence-electron chi connectivity index (χ2n) is 6.06. The molecule has 0 aromatic heterocycles. The van der Waals surface area contributed by atoms with Crippen LogP contribution in [0.3, 0.4) is 0 Å². The van der Waals surface area contributed by atoms with E-state index < -0.39 is 0 Å². The third-order valence-electron chi connectivity index (χ3n) is 4.32. The monoisotopic (exact) mass is 328 g/mol. The molecular formula is C19H21ClN2O. The number of halogens is 1. The first-order valence-electron chi connectivity index (χ1n) is 8.07. The fourth-order valence-electron chi connectivity index (χ4n) is 2.89. The maximum absolute atomic E-state index is 12.1. The van der Waals surface area contributed by atoms with Gasteiger partial charge >= 0.3 is 0 Å². The molecule has 0 radical (unpaired) electrons. The number of hydrogen-bond acceptors (Lipinski definition) is 2. The fraction of sp³-hybridized carbons (Fsp3) is 0.316. The van der Waals surface area contributed by atoms with E-state index in [1.165, 1.54) is 18.4 Å². The zero-order valence-corrected chi connectivity index (χ0v) is 13.8. The summed E-state index contributed by atoms with van der Waals surface area (Å²) in [5, 5.41) is 6.94. The van der Waals surface area contributed by atoms with Gasteiger partial charge in [-0.1, -0.05) is 23.7 Å². The molecule has 1 fully saturated rings. The molecule has 0 spiro atoms. The van der Waals surface area contributed by atoms with Gasteiger partial charge in [0.05, 0.1) is 0 Å². The van der Waals surface area contributed by atoms with Crippen LogP contribution in [0.2, 0.25) is 5.02 Å². The number of hydrogen-bond donors (Lipinski definition) is 2. The zero-order valence-electron chi connectivity index (χ0n) is 13.0. The van der Waals surface area contributed by atoms with Crippen LogP contribution in [0.5, 0.6) is 0 Å². The van der Waals surface area contributed by atoms with Gasteiger partial charge in [-0.2, -0.15) is 0 Å². The summed E-state index contributed by atoms with van der Waals surface area (Å²) in [6.45, 7) is 2.30. The van der Waals surface area contributed by atoms with E-state index in [1.54, 1.807) is 24.3 Å². The van der Waals surface area contributed by atoms with Gasteiger partial charge in [0.2, 0.25) is 0 Å². The predicted octanol–water partition coefficient (Wildman–Crippen LogP) is 4.13. The van der Waals surface area contributed by atoms with E-state index in [9.17, 15) is 4.79 Å². The van der Waals surface area contributed by atoms with E-state index in [-0.39, 0.29) is 5.91 Å². The molecule has 1 amide bonds. The Morgan fingerprint density at radius 2 is 1.87 bits per heavy atom. The lowest BCUT2D eigenvalue weighted by Gasteiger charge is -2.09. The third kappa shape index (κ3) is 4.57. The number of amides is 1. The molecule has 2 N–H and O–H groups in total. The second kappa shape index (κ2) is 7.62. The first-order chi connectivity index (χ1) is 11.2. The van der Waals surface area contributed by atoms with E-state index in [4.69, 9.17) is 11.6 Å². The maximum atomic E-state index is 12.1. The van der Waals surface area contributed by atoms with Crippen LogP contribution < -0.4 is 10.6 Å². The Kier molecular flexibility index (Phi) is 5.31. The summed E-state index contributed by atoms with van der Waals surface area (Å²) in [4.78, 5) is 12.1. The van der Waals surface area contributed by atoms with Crippen molar-refractivity contribution in [2.24, 2.45) is 5.92 Å². The molecule has 1 atom stereocenters. The van der Waals surface area contributed by atoms with Gasteiger partial charge < -0.3 is 10.6 Å². The first kappa shape index (κ1) is 16.0. The first-order valence-corrected chi connectivity index (χ1v) is 8.45. The normalized spacial score (nSPS) is 17.2. The Bertz CT molecular complexity index is 646. The highest BCUT2D eigenvalue weighted by Gasteiger charge is 2.13. The van der Waals surface area contributed by atoms with Gasteiger partial charge in [0, 0.05) is 16.3 Å². The number of rotatable bonds is 5. The Morgan fingerprint density at radius 1 is 1.13 bits per heavy atom. The molecule has 1 saturated heterocycles. The quantitative estimate of drug-likeness (QED) is 0.866.